The van der Waals surface area contributed by atoms with E-state index in [0.29, 0.717) is 11.7 Å². The third-order valence-corrected chi connectivity index (χ3v) is 3.44. The number of hydrogen-bond acceptors (Lipinski definition) is 3. The maximum absolute atomic E-state index is 11.6. The maximum Gasteiger partial charge on any atom is 0.160 e. The van der Waals surface area contributed by atoms with E-state index in [9.17, 15) is 4.79 Å². The van der Waals surface area contributed by atoms with Crippen molar-refractivity contribution in [1.29, 1.82) is 0 Å². The van der Waals surface area contributed by atoms with Gasteiger partial charge in [0.25, 0.3) is 0 Å². The van der Waals surface area contributed by atoms with Gasteiger partial charge in [-0.15, -0.1) is 0 Å². The number of Topliss-reactive ketones (excluding diaryl/α,β-unsaturated/α-hetero) is 1. The number of carbonyl (C=O) groups is 1. The Morgan fingerprint density at radius 1 is 1.32 bits per heavy atom. The molecule has 104 valence electrons. The molecule has 0 saturated heterocycles. The number of benzene rings is 1. The molecule has 3 nitrogen and oxygen atoms in total. The molecule has 0 aliphatic rings. The van der Waals surface area contributed by atoms with Gasteiger partial charge in [-0.2, -0.15) is 0 Å². The zero-order valence-electron chi connectivity index (χ0n) is 12.3. The lowest BCUT2D eigenvalue weighted by atomic mass is 9.98. The van der Waals surface area contributed by atoms with Gasteiger partial charge in [-0.05, 0) is 44.4 Å². The number of hydrogen-bond donors (Lipinski definition) is 2. The average Bonchev–Trinajstić information content (AvgIpc) is 2.36. The summed E-state index contributed by atoms with van der Waals surface area (Å²) in [6, 6.07) is 4.20. The van der Waals surface area contributed by atoms with Crippen LogP contribution in [0, 0.1) is 6.92 Å². The number of ketones is 1. The minimum absolute atomic E-state index is 0.0688. The fourth-order valence-corrected chi connectivity index (χ4v) is 2.19. The molecule has 0 radical (unpaired) electrons. The van der Waals surface area contributed by atoms with Gasteiger partial charge in [-0.25, -0.2) is 0 Å². The van der Waals surface area contributed by atoms with Gasteiger partial charge in [0.15, 0.2) is 5.78 Å². The van der Waals surface area contributed by atoms with Crippen LogP contribution in [0.5, 0.6) is 0 Å². The van der Waals surface area contributed by atoms with Gasteiger partial charge in [0.2, 0.25) is 0 Å². The second-order valence-electron chi connectivity index (χ2n) is 4.95. The van der Waals surface area contributed by atoms with Crippen molar-refractivity contribution in [2.45, 2.75) is 46.6 Å². The van der Waals surface area contributed by atoms with E-state index in [-0.39, 0.29) is 5.78 Å². The van der Waals surface area contributed by atoms with Crippen molar-refractivity contribution in [1.82, 2.24) is 0 Å². The molecular weight excluding hydrogens is 236 g/mol. The molecule has 0 spiro atoms. The average molecular weight is 260 g/mol. The van der Waals surface area contributed by atoms with Crippen LogP contribution >= 0.6 is 0 Å². The van der Waals surface area contributed by atoms with Gasteiger partial charge < -0.3 is 11.1 Å². The third-order valence-electron chi connectivity index (χ3n) is 3.44. The molecule has 0 atom stereocenters. The molecular formula is C16H24N2O. The summed E-state index contributed by atoms with van der Waals surface area (Å²) in [5, 5.41) is 3.46. The fraction of sp³-hybridized carbons (Fsp3) is 0.438. The molecule has 0 saturated carbocycles. The van der Waals surface area contributed by atoms with Crippen LogP contribution < -0.4 is 11.1 Å². The molecule has 0 aromatic heterocycles. The zero-order chi connectivity index (χ0) is 14.6. The van der Waals surface area contributed by atoms with Gasteiger partial charge in [-0.3, -0.25) is 4.79 Å². The van der Waals surface area contributed by atoms with E-state index in [2.05, 4.69) is 25.7 Å². The Bertz CT molecular complexity index is 488. The highest BCUT2D eigenvalue weighted by atomic mass is 16.1. The highest BCUT2D eigenvalue weighted by Crippen LogP contribution is 2.26. The summed E-state index contributed by atoms with van der Waals surface area (Å²) in [6.07, 6.45) is 2.05. The molecule has 1 rings (SSSR count). The van der Waals surface area contributed by atoms with Crippen molar-refractivity contribution < 1.29 is 4.79 Å². The van der Waals surface area contributed by atoms with Gasteiger partial charge in [0.05, 0.1) is 0 Å². The summed E-state index contributed by atoms with van der Waals surface area (Å²) in [4.78, 5) is 11.6. The third kappa shape index (κ3) is 3.60. The number of aryl methyl sites for hydroxylation is 1. The molecule has 0 aliphatic carbocycles. The molecule has 0 fully saturated rings. The van der Waals surface area contributed by atoms with Crippen molar-refractivity contribution in [3.05, 3.63) is 35.4 Å². The van der Waals surface area contributed by atoms with E-state index in [1.54, 1.807) is 6.92 Å². The van der Waals surface area contributed by atoms with Crippen molar-refractivity contribution in [3.63, 3.8) is 0 Å². The van der Waals surface area contributed by atoms with Crippen LogP contribution in [0.2, 0.25) is 0 Å². The minimum atomic E-state index is 0.0688. The molecule has 0 aliphatic heterocycles. The van der Waals surface area contributed by atoms with E-state index in [0.717, 1.165) is 35.2 Å². The van der Waals surface area contributed by atoms with E-state index in [4.69, 9.17) is 5.73 Å². The first-order chi connectivity index (χ1) is 8.90. The summed E-state index contributed by atoms with van der Waals surface area (Å²) in [5.74, 6) is 0.0688. The van der Waals surface area contributed by atoms with Crippen LogP contribution in [-0.2, 0) is 0 Å². The molecule has 1 aromatic rings. The first-order valence-electron chi connectivity index (χ1n) is 6.77. The molecule has 0 unspecified atom stereocenters. The molecule has 0 bridgehead atoms. The quantitative estimate of drug-likeness (QED) is 0.766. The summed E-state index contributed by atoms with van der Waals surface area (Å²) >= 11 is 0. The number of anilines is 1. The van der Waals surface area contributed by atoms with Gasteiger partial charge in [0.1, 0.15) is 0 Å². The summed E-state index contributed by atoms with van der Waals surface area (Å²) in [6.45, 7) is 11.6. The monoisotopic (exact) mass is 260 g/mol. The Morgan fingerprint density at radius 2 is 1.89 bits per heavy atom. The summed E-state index contributed by atoms with van der Waals surface area (Å²) in [5.41, 5.74) is 9.82. The predicted octanol–water partition coefficient (Wildman–Crippen LogP) is 3.73. The van der Waals surface area contributed by atoms with Crippen molar-refractivity contribution in [2.24, 2.45) is 5.73 Å². The maximum atomic E-state index is 11.6. The predicted molar refractivity (Wildman–Crippen MR) is 82.4 cm³/mol. The first kappa shape index (κ1) is 15.3. The normalized spacial score (nSPS) is 10.6. The van der Waals surface area contributed by atoms with Crippen LogP contribution in [-0.4, -0.2) is 11.8 Å². The van der Waals surface area contributed by atoms with Crippen LogP contribution in [0.3, 0.4) is 0 Å². The minimum Gasteiger partial charge on any atom is -0.399 e. The van der Waals surface area contributed by atoms with Crippen molar-refractivity contribution >= 4 is 17.2 Å². The largest absolute Gasteiger partial charge is 0.399 e. The second-order valence-corrected chi connectivity index (χ2v) is 4.95. The van der Waals surface area contributed by atoms with E-state index in [1.807, 2.05) is 19.1 Å². The summed E-state index contributed by atoms with van der Waals surface area (Å²) in [7, 11) is 0. The number of carbonyl (C=O) groups excluding carboxylic acids is 1. The lowest BCUT2D eigenvalue weighted by Gasteiger charge is -2.20. The van der Waals surface area contributed by atoms with Gasteiger partial charge >= 0.3 is 0 Å². The van der Waals surface area contributed by atoms with Crippen molar-refractivity contribution in [3.8, 4) is 0 Å². The lowest BCUT2D eigenvalue weighted by molar-refractivity contribution is 0.101. The topological polar surface area (TPSA) is 55.1 Å². The first-order valence-corrected chi connectivity index (χ1v) is 6.77. The van der Waals surface area contributed by atoms with Crippen LogP contribution in [0.1, 0.15) is 55.1 Å². The lowest BCUT2D eigenvalue weighted by Crippen LogP contribution is -2.19. The molecule has 3 N–H and O–H groups in total. The Kier molecular flexibility index (Phi) is 5.16. The molecule has 0 heterocycles. The Balaban J connectivity index is 3.29. The Labute approximate surface area is 115 Å². The Morgan fingerprint density at radius 3 is 2.32 bits per heavy atom. The van der Waals surface area contributed by atoms with Gasteiger partial charge in [-0.1, -0.05) is 20.4 Å². The molecule has 19 heavy (non-hydrogen) atoms. The number of rotatable bonds is 6. The van der Waals surface area contributed by atoms with Crippen LogP contribution in [0.15, 0.2) is 18.7 Å². The summed E-state index contributed by atoms with van der Waals surface area (Å²) < 4.78 is 0. The zero-order valence-corrected chi connectivity index (χ0v) is 12.3. The number of nitrogens with two attached hydrogens (primary N) is 1. The molecule has 3 heteroatoms. The highest BCUT2D eigenvalue weighted by Gasteiger charge is 2.13. The smallest absolute Gasteiger partial charge is 0.160 e. The van der Waals surface area contributed by atoms with Gasteiger partial charge in [0, 0.05) is 28.6 Å². The fourth-order valence-electron chi connectivity index (χ4n) is 2.19. The highest BCUT2D eigenvalue weighted by molar-refractivity contribution is 5.97. The van der Waals surface area contributed by atoms with Crippen LogP contribution in [0.4, 0.5) is 5.69 Å². The van der Waals surface area contributed by atoms with E-state index >= 15 is 0 Å². The van der Waals surface area contributed by atoms with Crippen molar-refractivity contribution in [2.75, 3.05) is 5.32 Å². The Hall–Kier alpha value is -1.77. The van der Waals surface area contributed by atoms with E-state index < -0.39 is 0 Å². The van der Waals surface area contributed by atoms with E-state index in [1.165, 1.54) is 0 Å². The number of nitrogens with one attached hydrogen (secondary N) is 1. The SMILES string of the molecule is C=C(N)c1cc(C)c(C(C)=O)cc1NC(CC)CC. The molecule has 1 aromatic carbocycles. The standard InChI is InChI=1S/C16H24N2O/c1-6-13(7-2)18-16-9-14(12(5)19)10(3)8-15(16)11(4)17/h8-9,13,18H,4,6-7,17H2,1-3,5H3. The van der Waals surface area contributed by atoms with Crippen LogP contribution in [0.25, 0.3) is 5.70 Å². The second kappa shape index (κ2) is 6.41. The molecule has 0 amide bonds.